The van der Waals surface area contributed by atoms with Crippen molar-refractivity contribution in [2.75, 3.05) is 33.7 Å². The number of rotatable bonds is 5. The lowest BCUT2D eigenvalue weighted by molar-refractivity contribution is -0.125. The van der Waals surface area contributed by atoms with Crippen molar-refractivity contribution in [3.63, 3.8) is 0 Å². The predicted octanol–water partition coefficient (Wildman–Crippen LogP) is 0.688. The van der Waals surface area contributed by atoms with Crippen molar-refractivity contribution < 1.29 is 4.79 Å². The molecular weight excluding hydrogens is 214 g/mol. The molecule has 2 unspecified atom stereocenters. The van der Waals surface area contributed by atoms with Gasteiger partial charge in [-0.2, -0.15) is 0 Å². The molecule has 1 aliphatic rings. The minimum Gasteiger partial charge on any atom is -0.355 e. The van der Waals surface area contributed by atoms with Crippen molar-refractivity contribution >= 4 is 5.91 Å². The van der Waals surface area contributed by atoms with Gasteiger partial charge in [0.1, 0.15) is 0 Å². The molecule has 100 valence electrons. The van der Waals surface area contributed by atoms with E-state index in [0.717, 1.165) is 26.1 Å². The van der Waals surface area contributed by atoms with Gasteiger partial charge in [0.2, 0.25) is 5.91 Å². The van der Waals surface area contributed by atoms with Crippen LogP contribution in [-0.2, 0) is 4.79 Å². The third-order valence-corrected chi connectivity index (χ3v) is 3.35. The van der Waals surface area contributed by atoms with E-state index in [-0.39, 0.29) is 17.2 Å². The van der Waals surface area contributed by atoms with Crippen molar-refractivity contribution in [3.8, 4) is 0 Å². The second-order valence-corrected chi connectivity index (χ2v) is 6.26. The largest absolute Gasteiger partial charge is 0.355 e. The highest BCUT2D eigenvalue weighted by Crippen LogP contribution is 2.17. The maximum absolute atomic E-state index is 12.0. The monoisotopic (exact) mass is 241 g/mol. The van der Waals surface area contributed by atoms with Crippen molar-refractivity contribution in [1.82, 2.24) is 15.5 Å². The first-order valence-corrected chi connectivity index (χ1v) is 6.48. The Morgan fingerprint density at radius 1 is 1.47 bits per heavy atom. The van der Waals surface area contributed by atoms with Crippen LogP contribution < -0.4 is 10.6 Å². The van der Waals surface area contributed by atoms with Gasteiger partial charge in [0, 0.05) is 19.1 Å². The summed E-state index contributed by atoms with van der Waals surface area (Å²) < 4.78 is 0. The van der Waals surface area contributed by atoms with Crippen LogP contribution in [0.3, 0.4) is 0 Å². The van der Waals surface area contributed by atoms with E-state index in [1.165, 1.54) is 0 Å². The molecule has 2 atom stereocenters. The highest BCUT2D eigenvalue weighted by atomic mass is 16.1. The molecule has 0 aromatic heterocycles. The van der Waals surface area contributed by atoms with E-state index in [1.807, 2.05) is 0 Å². The van der Waals surface area contributed by atoms with E-state index >= 15 is 0 Å². The molecule has 4 nitrogen and oxygen atoms in total. The van der Waals surface area contributed by atoms with Crippen LogP contribution >= 0.6 is 0 Å². The molecule has 0 aromatic rings. The van der Waals surface area contributed by atoms with E-state index in [0.29, 0.717) is 6.04 Å². The Bertz CT molecular complexity index is 263. The Kier molecular flexibility index (Phi) is 4.95. The number of carbonyl (C=O) groups is 1. The van der Waals surface area contributed by atoms with Crippen molar-refractivity contribution in [2.45, 2.75) is 33.2 Å². The molecule has 0 radical (unpaired) electrons. The SMILES string of the molecule is CC1NCCC1C(=O)NCC(C)(C)CN(C)C. The summed E-state index contributed by atoms with van der Waals surface area (Å²) >= 11 is 0. The van der Waals surface area contributed by atoms with Gasteiger partial charge in [-0.1, -0.05) is 13.8 Å². The minimum absolute atomic E-state index is 0.119. The summed E-state index contributed by atoms with van der Waals surface area (Å²) in [7, 11) is 4.12. The average Bonchev–Trinajstić information content (AvgIpc) is 2.59. The molecule has 0 saturated carbocycles. The number of amides is 1. The molecule has 4 heteroatoms. The van der Waals surface area contributed by atoms with E-state index in [2.05, 4.69) is 50.4 Å². The number of hydrogen-bond donors (Lipinski definition) is 2. The number of carbonyl (C=O) groups excluding carboxylic acids is 1. The number of nitrogens with zero attached hydrogens (tertiary/aromatic N) is 1. The van der Waals surface area contributed by atoms with E-state index in [4.69, 9.17) is 0 Å². The molecule has 1 fully saturated rings. The van der Waals surface area contributed by atoms with Gasteiger partial charge in [0.05, 0.1) is 5.92 Å². The maximum atomic E-state index is 12.0. The molecule has 1 rings (SSSR count). The summed E-state index contributed by atoms with van der Waals surface area (Å²) in [5, 5.41) is 6.41. The van der Waals surface area contributed by atoms with Crippen LogP contribution in [0.4, 0.5) is 0 Å². The Labute approximate surface area is 105 Å². The molecule has 1 aliphatic heterocycles. The van der Waals surface area contributed by atoms with Crippen LogP contribution in [0, 0.1) is 11.3 Å². The third-order valence-electron chi connectivity index (χ3n) is 3.35. The average molecular weight is 241 g/mol. The van der Waals surface area contributed by atoms with Gasteiger partial charge >= 0.3 is 0 Å². The van der Waals surface area contributed by atoms with E-state index in [9.17, 15) is 4.79 Å². The van der Waals surface area contributed by atoms with Gasteiger partial charge in [0.25, 0.3) is 0 Å². The van der Waals surface area contributed by atoms with Crippen molar-refractivity contribution in [3.05, 3.63) is 0 Å². The second-order valence-electron chi connectivity index (χ2n) is 6.26. The second kappa shape index (κ2) is 5.83. The summed E-state index contributed by atoms with van der Waals surface area (Å²) in [6.45, 7) is 9.13. The Hall–Kier alpha value is -0.610. The first-order chi connectivity index (χ1) is 7.82. The zero-order chi connectivity index (χ0) is 13.1. The minimum atomic E-state index is 0.119. The van der Waals surface area contributed by atoms with Gasteiger partial charge in [-0.25, -0.2) is 0 Å². The van der Waals surface area contributed by atoms with Gasteiger partial charge in [-0.3, -0.25) is 4.79 Å². The van der Waals surface area contributed by atoms with E-state index < -0.39 is 0 Å². The molecule has 17 heavy (non-hydrogen) atoms. The summed E-state index contributed by atoms with van der Waals surface area (Å²) in [5.74, 6) is 0.347. The zero-order valence-electron chi connectivity index (χ0n) is 11.8. The van der Waals surface area contributed by atoms with Gasteiger partial charge < -0.3 is 15.5 Å². The third kappa shape index (κ3) is 4.64. The molecule has 0 spiro atoms. The summed E-state index contributed by atoms with van der Waals surface area (Å²) in [6, 6.07) is 0.312. The van der Waals surface area contributed by atoms with Crippen molar-refractivity contribution in [2.24, 2.45) is 11.3 Å². The predicted molar refractivity (Wildman–Crippen MR) is 70.9 cm³/mol. The van der Waals surface area contributed by atoms with Gasteiger partial charge in [-0.05, 0) is 39.4 Å². The summed E-state index contributed by atoms with van der Waals surface area (Å²) in [6.07, 6.45) is 0.959. The molecule has 0 aromatic carbocycles. The van der Waals surface area contributed by atoms with Crippen LogP contribution in [0.5, 0.6) is 0 Å². The highest BCUT2D eigenvalue weighted by molar-refractivity contribution is 5.79. The molecule has 1 heterocycles. The zero-order valence-corrected chi connectivity index (χ0v) is 11.8. The smallest absolute Gasteiger partial charge is 0.224 e. The first-order valence-electron chi connectivity index (χ1n) is 6.48. The molecule has 1 saturated heterocycles. The Morgan fingerprint density at radius 2 is 2.12 bits per heavy atom. The lowest BCUT2D eigenvalue weighted by Crippen LogP contribution is -2.43. The van der Waals surface area contributed by atoms with Gasteiger partial charge in [-0.15, -0.1) is 0 Å². The summed E-state index contributed by atoms with van der Waals surface area (Å²) in [4.78, 5) is 14.2. The maximum Gasteiger partial charge on any atom is 0.224 e. The number of hydrogen-bond acceptors (Lipinski definition) is 3. The highest BCUT2D eigenvalue weighted by Gasteiger charge is 2.30. The number of nitrogens with one attached hydrogen (secondary N) is 2. The Balaban J connectivity index is 2.37. The fraction of sp³-hybridized carbons (Fsp3) is 0.923. The molecule has 1 amide bonds. The van der Waals surface area contributed by atoms with E-state index in [1.54, 1.807) is 0 Å². The first kappa shape index (κ1) is 14.5. The van der Waals surface area contributed by atoms with Crippen LogP contribution in [0.2, 0.25) is 0 Å². The molecule has 0 bridgehead atoms. The van der Waals surface area contributed by atoms with Crippen molar-refractivity contribution in [1.29, 1.82) is 0 Å². The lowest BCUT2D eigenvalue weighted by Gasteiger charge is -2.29. The topological polar surface area (TPSA) is 44.4 Å². The molecule has 0 aliphatic carbocycles. The fourth-order valence-corrected chi connectivity index (χ4v) is 2.59. The van der Waals surface area contributed by atoms with Crippen LogP contribution in [-0.4, -0.2) is 50.6 Å². The van der Waals surface area contributed by atoms with Crippen LogP contribution in [0.25, 0.3) is 0 Å². The standard InChI is InChI=1S/C13H27N3O/c1-10-11(6-7-14-10)12(17)15-8-13(2,3)9-16(4)5/h10-11,14H,6-9H2,1-5H3,(H,15,17). The summed E-state index contributed by atoms with van der Waals surface area (Å²) in [5.41, 5.74) is 0.119. The van der Waals surface area contributed by atoms with Crippen LogP contribution in [0.15, 0.2) is 0 Å². The Morgan fingerprint density at radius 3 is 2.59 bits per heavy atom. The van der Waals surface area contributed by atoms with Gasteiger partial charge in [0.15, 0.2) is 0 Å². The quantitative estimate of drug-likeness (QED) is 0.744. The molecule has 2 N–H and O–H groups in total. The normalized spacial score (nSPS) is 25.3. The van der Waals surface area contributed by atoms with Crippen LogP contribution in [0.1, 0.15) is 27.2 Å². The lowest BCUT2D eigenvalue weighted by atomic mass is 9.92. The molecular formula is C13H27N3O. The fourth-order valence-electron chi connectivity index (χ4n) is 2.59.